The summed E-state index contributed by atoms with van der Waals surface area (Å²) in [6, 6.07) is 6.66. The van der Waals surface area contributed by atoms with Crippen LogP contribution in [0.15, 0.2) is 18.2 Å². The van der Waals surface area contributed by atoms with Gasteiger partial charge < -0.3 is 4.74 Å². The first-order valence-electron chi connectivity index (χ1n) is 9.31. The molecule has 5 atom stereocenters. The van der Waals surface area contributed by atoms with Crippen LogP contribution in [0.25, 0.3) is 0 Å². The highest BCUT2D eigenvalue weighted by molar-refractivity contribution is 5.87. The third-order valence-electron chi connectivity index (χ3n) is 7.36. The number of carbonyl (C=O) groups excluding carboxylic acids is 1. The molecule has 4 rings (SSSR count). The molecule has 0 heterocycles. The van der Waals surface area contributed by atoms with Crippen molar-refractivity contribution >= 4 is 5.78 Å². The first-order chi connectivity index (χ1) is 11.1. The van der Waals surface area contributed by atoms with Gasteiger partial charge in [0.25, 0.3) is 0 Å². The molecule has 1 unspecified atom stereocenters. The van der Waals surface area contributed by atoms with Gasteiger partial charge in [-0.3, -0.25) is 4.79 Å². The fraction of sp³-hybridized carbons (Fsp3) is 0.667. The first kappa shape index (κ1) is 15.2. The normalized spacial score (nSPS) is 38.7. The highest BCUT2D eigenvalue weighted by atomic mass is 16.5. The van der Waals surface area contributed by atoms with Crippen LogP contribution < -0.4 is 4.74 Å². The highest BCUT2D eigenvalue weighted by Gasteiger charge is 2.57. The average molecular weight is 312 g/mol. The highest BCUT2D eigenvalue weighted by Crippen LogP contribution is 2.62. The molecule has 2 fully saturated rings. The van der Waals surface area contributed by atoms with E-state index in [9.17, 15) is 4.79 Å². The van der Waals surface area contributed by atoms with Crippen LogP contribution >= 0.6 is 0 Å². The Morgan fingerprint density at radius 3 is 2.87 bits per heavy atom. The van der Waals surface area contributed by atoms with Gasteiger partial charge in [-0.25, -0.2) is 0 Å². The molecule has 3 aliphatic carbocycles. The number of carbonyl (C=O) groups is 1. The van der Waals surface area contributed by atoms with E-state index in [1.807, 2.05) is 0 Å². The van der Waals surface area contributed by atoms with Gasteiger partial charge in [0.15, 0.2) is 0 Å². The summed E-state index contributed by atoms with van der Waals surface area (Å²) in [5, 5.41) is 0. The zero-order valence-corrected chi connectivity index (χ0v) is 14.6. The van der Waals surface area contributed by atoms with Crippen molar-refractivity contribution in [2.45, 2.75) is 58.3 Å². The molecule has 124 valence electrons. The molecule has 0 saturated heterocycles. The zero-order chi connectivity index (χ0) is 16.2. The van der Waals surface area contributed by atoms with Crippen LogP contribution in [0.4, 0.5) is 0 Å². The minimum absolute atomic E-state index is 0.0133. The maximum Gasteiger partial charge on any atom is 0.139 e. The summed E-state index contributed by atoms with van der Waals surface area (Å²) < 4.78 is 5.42. The molecule has 0 amide bonds. The first-order valence-corrected chi connectivity index (χ1v) is 9.31. The molecule has 0 spiro atoms. The number of fused-ring (bicyclic) bond motifs is 5. The summed E-state index contributed by atoms with van der Waals surface area (Å²) in [5.74, 6) is 4.16. The molecule has 2 saturated carbocycles. The Hall–Kier alpha value is -1.31. The van der Waals surface area contributed by atoms with Crippen LogP contribution in [0.5, 0.6) is 5.75 Å². The lowest BCUT2D eigenvalue weighted by Gasteiger charge is -2.52. The van der Waals surface area contributed by atoms with E-state index in [1.54, 1.807) is 7.11 Å². The van der Waals surface area contributed by atoms with Gasteiger partial charge in [0.05, 0.1) is 7.11 Å². The third kappa shape index (κ3) is 2.03. The summed E-state index contributed by atoms with van der Waals surface area (Å²) in [4.78, 5) is 12.7. The smallest absolute Gasteiger partial charge is 0.139 e. The van der Waals surface area contributed by atoms with E-state index in [4.69, 9.17) is 4.74 Å². The largest absolute Gasteiger partial charge is 0.497 e. The summed E-state index contributed by atoms with van der Waals surface area (Å²) in [5.41, 5.74) is 3.03. The van der Waals surface area contributed by atoms with Gasteiger partial charge in [-0.05, 0) is 79.0 Å². The van der Waals surface area contributed by atoms with Crippen molar-refractivity contribution in [3.05, 3.63) is 29.3 Å². The summed E-state index contributed by atoms with van der Waals surface area (Å²) in [6.45, 7) is 4.65. The summed E-state index contributed by atoms with van der Waals surface area (Å²) >= 11 is 0. The van der Waals surface area contributed by atoms with Crippen LogP contribution in [0.3, 0.4) is 0 Å². The maximum absolute atomic E-state index is 12.7. The molecule has 2 heteroatoms. The number of ketones is 1. The van der Waals surface area contributed by atoms with E-state index in [0.29, 0.717) is 29.5 Å². The molecule has 23 heavy (non-hydrogen) atoms. The van der Waals surface area contributed by atoms with E-state index in [0.717, 1.165) is 37.9 Å². The van der Waals surface area contributed by atoms with Gasteiger partial charge in [-0.1, -0.05) is 19.9 Å². The lowest BCUT2D eigenvalue weighted by molar-refractivity contribution is -0.131. The van der Waals surface area contributed by atoms with Crippen molar-refractivity contribution in [2.75, 3.05) is 7.11 Å². The van der Waals surface area contributed by atoms with E-state index < -0.39 is 0 Å². The van der Waals surface area contributed by atoms with Crippen molar-refractivity contribution in [1.29, 1.82) is 0 Å². The Kier molecular flexibility index (Phi) is 3.55. The fourth-order valence-electron chi connectivity index (χ4n) is 6.31. The average Bonchev–Trinajstić information content (AvgIpc) is 2.91. The van der Waals surface area contributed by atoms with Crippen LogP contribution in [-0.2, 0) is 11.2 Å². The molecule has 2 nitrogen and oxygen atoms in total. The molecule has 0 radical (unpaired) electrons. The second-order valence-corrected chi connectivity index (χ2v) is 8.05. The molecule has 1 aromatic carbocycles. The number of ether oxygens (including phenoxy) is 1. The van der Waals surface area contributed by atoms with Crippen LogP contribution in [-0.4, -0.2) is 12.9 Å². The monoisotopic (exact) mass is 312 g/mol. The number of hydrogen-bond acceptors (Lipinski definition) is 2. The number of Topliss-reactive ketones (excluding diaryl/α,β-unsaturated/α-hetero) is 1. The van der Waals surface area contributed by atoms with Gasteiger partial charge >= 0.3 is 0 Å². The van der Waals surface area contributed by atoms with E-state index in [-0.39, 0.29) is 5.41 Å². The predicted octanol–water partition coefficient (Wildman–Crippen LogP) is 4.76. The van der Waals surface area contributed by atoms with E-state index in [1.165, 1.54) is 17.5 Å². The molecular weight excluding hydrogens is 284 g/mol. The second-order valence-electron chi connectivity index (χ2n) is 8.05. The molecule has 0 N–H and O–H groups in total. The van der Waals surface area contributed by atoms with Gasteiger partial charge in [-0.2, -0.15) is 0 Å². The van der Waals surface area contributed by atoms with Gasteiger partial charge in [0, 0.05) is 11.8 Å². The number of methoxy groups -OCH3 is 1. The van der Waals surface area contributed by atoms with Gasteiger partial charge in [0.2, 0.25) is 0 Å². The Morgan fingerprint density at radius 2 is 2.13 bits per heavy atom. The van der Waals surface area contributed by atoms with E-state index in [2.05, 4.69) is 32.0 Å². The van der Waals surface area contributed by atoms with Crippen LogP contribution in [0.1, 0.15) is 63.0 Å². The minimum Gasteiger partial charge on any atom is -0.497 e. The molecule has 0 aliphatic heterocycles. The van der Waals surface area contributed by atoms with Crippen LogP contribution in [0, 0.1) is 23.2 Å². The fourth-order valence-corrected chi connectivity index (χ4v) is 6.31. The lowest BCUT2D eigenvalue weighted by Crippen LogP contribution is -2.46. The third-order valence-corrected chi connectivity index (χ3v) is 7.36. The quantitative estimate of drug-likeness (QED) is 0.787. The molecular formula is C21H28O2. The van der Waals surface area contributed by atoms with Crippen molar-refractivity contribution in [1.82, 2.24) is 0 Å². The summed E-state index contributed by atoms with van der Waals surface area (Å²) in [7, 11) is 1.75. The van der Waals surface area contributed by atoms with E-state index >= 15 is 0 Å². The zero-order valence-electron chi connectivity index (χ0n) is 14.6. The predicted molar refractivity (Wildman–Crippen MR) is 91.8 cm³/mol. The Bertz CT molecular complexity index is 635. The minimum atomic E-state index is 0.0133. The van der Waals surface area contributed by atoms with Crippen molar-refractivity contribution < 1.29 is 9.53 Å². The Labute approximate surface area is 139 Å². The standard InChI is InChI=1S/C21H28O2/c1-4-21-10-9-17-16-6-5-15(23-3)12-14(16)11-13(2)20(17)18(21)7-8-19(21)22/h5-6,12-13,17-18,20H,4,7-11H2,1-3H3/t13-,17-,18+,20-,21?/m1/s1. The molecule has 1 aromatic rings. The SMILES string of the molecule is CCC12CC[C@@H]3c4ccc(OC)cc4C[C@@H](C)[C@H]3[C@@H]1CCC2=O. The van der Waals surface area contributed by atoms with Crippen LogP contribution in [0.2, 0.25) is 0 Å². The molecule has 0 aromatic heterocycles. The second kappa shape index (κ2) is 5.36. The number of rotatable bonds is 2. The lowest BCUT2D eigenvalue weighted by atomic mass is 9.52. The number of benzene rings is 1. The molecule has 3 aliphatic rings. The van der Waals surface area contributed by atoms with Crippen molar-refractivity contribution in [3.63, 3.8) is 0 Å². The maximum atomic E-state index is 12.7. The number of hydrogen-bond donors (Lipinski definition) is 0. The summed E-state index contributed by atoms with van der Waals surface area (Å²) in [6.07, 6.45) is 6.42. The Balaban J connectivity index is 1.75. The van der Waals surface area contributed by atoms with Gasteiger partial charge in [-0.15, -0.1) is 0 Å². The molecule has 0 bridgehead atoms. The van der Waals surface area contributed by atoms with Gasteiger partial charge in [0.1, 0.15) is 11.5 Å². The topological polar surface area (TPSA) is 26.3 Å². The van der Waals surface area contributed by atoms with Crippen molar-refractivity contribution in [2.24, 2.45) is 23.2 Å². The Morgan fingerprint density at radius 1 is 1.30 bits per heavy atom. The van der Waals surface area contributed by atoms with Crippen molar-refractivity contribution in [3.8, 4) is 5.75 Å².